The normalized spacial score (nSPS) is 11.5. The number of hydrogen-bond acceptors (Lipinski definition) is 6. The summed E-state index contributed by atoms with van der Waals surface area (Å²) in [5, 5.41) is 7.84. The number of aromatic nitrogens is 2. The number of nitrogens with one attached hydrogen (secondary N) is 1. The van der Waals surface area contributed by atoms with Crippen LogP contribution >= 0.6 is 11.6 Å². The number of anilines is 2. The zero-order valence-corrected chi connectivity index (χ0v) is 10.8. The fourth-order valence-electron chi connectivity index (χ4n) is 1.16. The van der Waals surface area contributed by atoms with Gasteiger partial charge >= 0.3 is 0 Å². The number of nitrogens with zero attached hydrogens (tertiary/aromatic N) is 2. The van der Waals surface area contributed by atoms with Crippen LogP contribution in [-0.2, 0) is 10.0 Å². The van der Waals surface area contributed by atoms with E-state index in [0.29, 0.717) is 30.2 Å². The minimum absolute atomic E-state index is 0.0886. The summed E-state index contributed by atoms with van der Waals surface area (Å²) >= 11 is 5.67. The highest BCUT2D eigenvalue weighted by molar-refractivity contribution is 7.89. The third-order valence-electron chi connectivity index (χ3n) is 2.01. The number of nitrogens with two attached hydrogens (primary N) is 2. The van der Waals surface area contributed by atoms with E-state index in [-0.39, 0.29) is 11.0 Å². The van der Waals surface area contributed by atoms with Crippen molar-refractivity contribution >= 4 is 33.1 Å². The van der Waals surface area contributed by atoms with Gasteiger partial charge in [-0.2, -0.15) is 4.98 Å². The number of aryl methyl sites for hydroxylation is 1. The third-order valence-corrected chi connectivity index (χ3v) is 3.03. The minimum atomic E-state index is -3.44. The summed E-state index contributed by atoms with van der Waals surface area (Å²) < 4.78 is 21.4. The Labute approximate surface area is 105 Å². The van der Waals surface area contributed by atoms with E-state index in [0.717, 1.165) is 0 Å². The second-order valence-electron chi connectivity index (χ2n) is 3.49. The average molecular weight is 280 g/mol. The van der Waals surface area contributed by atoms with Crippen molar-refractivity contribution in [3.05, 3.63) is 11.0 Å². The van der Waals surface area contributed by atoms with Crippen LogP contribution in [0.3, 0.4) is 0 Å². The molecular formula is C8H14ClN5O2S. The molecule has 0 bridgehead atoms. The van der Waals surface area contributed by atoms with Gasteiger partial charge < -0.3 is 11.1 Å². The van der Waals surface area contributed by atoms with Crippen LogP contribution < -0.4 is 16.2 Å². The molecule has 0 aliphatic heterocycles. The fraction of sp³-hybridized carbons (Fsp3) is 0.500. The predicted molar refractivity (Wildman–Crippen MR) is 67.3 cm³/mol. The summed E-state index contributed by atoms with van der Waals surface area (Å²) in [4.78, 5) is 7.78. The highest BCUT2D eigenvalue weighted by atomic mass is 35.5. The lowest BCUT2D eigenvalue weighted by Gasteiger charge is -2.09. The molecule has 1 aromatic rings. The maximum absolute atomic E-state index is 10.7. The van der Waals surface area contributed by atoms with Crippen molar-refractivity contribution in [3.8, 4) is 0 Å². The van der Waals surface area contributed by atoms with Gasteiger partial charge in [0.05, 0.1) is 17.1 Å². The molecule has 17 heavy (non-hydrogen) atoms. The Morgan fingerprint density at radius 1 is 1.41 bits per heavy atom. The molecule has 0 aliphatic rings. The molecule has 0 radical (unpaired) electrons. The number of halogens is 1. The summed E-state index contributed by atoms with van der Waals surface area (Å²) in [7, 11) is -3.44. The van der Waals surface area contributed by atoms with Crippen molar-refractivity contribution in [1.29, 1.82) is 0 Å². The Morgan fingerprint density at radius 3 is 2.65 bits per heavy atom. The van der Waals surface area contributed by atoms with Crippen molar-refractivity contribution in [2.45, 2.75) is 13.3 Å². The molecule has 0 saturated heterocycles. The lowest BCUT2D eigenvalue weighted by molar-refractivity contribution is 0.595. The Hall–Kier alpha value is -1.12. The molecule has 0 unspecified atom stereocenters. The van der Waals surface area contributed by atoms with Gasteiger partial charge in [0.1, 0.15) is 0 Å². The van der Waals surface area contributed by atoms with Gasteiger partial charge in [-0.3, -0.25) is 0 Å². The zero-order valence-electron chi connectivity index (χ0n) is 9.27. The van der Waals surface area contributed by atoms with Crippen molar-refractivity contribution in [1.82, 2.24) is 9.97 Å². The number of hydrogen-bond donors (Lipinski definition) is 3. The SMILES string of the molecule is Cc1nc(Cl)nc(NCCCS(N)(=O)=O)c1N. The number of rotatable bonds is 5. The molecule has 7 nitrogen and oxygen atoms in total. The van der Waals surface area contributed by atoms with Gasteiger partial charge in [0.15, 0.2) is 5.82 Å². The van der Waals surface area contributed by atoms with Gasteiger partial charge in [-0.05, 0) is 24.9 Å². The molecule has 0 fully saturated rings. The maximum Gasteiger partial charge on any atom is 0.224 e. The number of sulfonamides is 1. The summed E-state index contributed by atoms with van der Waals surface area (Å²) in [5.41, 5.74) is 6.69. The van der Waals surface area contributed by atoms with E-state index >= 15 is 0 Å². The molecule has 0 saturated carbocycles. The monoisotopic (exact) mass is 279 g/mol. The van der Waals surface area contributed by atoms with E-state index < -0.39 is 10.0 Å². The molecule has 9 heteroatoms. The van der Waals surface area contributed by atoms with Crippen LogP contribution in [0.5, 0.6) is 0 Å². The fourth-order valence-corrected chi connectivity index (χ4v) is 1.92. The summed E-state index contributed by atoms with van der Waals surface area (Å²) in [6.45, 7) is 2.09. The predicted octanol–water partition coefficient (Wildman–Crippen LogP) is 0.111. The van der Waals surface area contributed by atoms with Crippen LogP contribution in [0.15, 0.2) is 0 Å². The van der Waals surface area contributed by atoms with Gasteiger partial charge in [0.25, 0.3) is 0 Å². The average Bonchev–Trinajstić information content (AvgIpc) is 2.18. The quantitative estimate of drug-likeness (QED) is 0.519. The summed E-state index contributed by atoms with van der Waals surface area (Å²) in [6.07, 6.45) is 0.360. The molecule has 0 amide bonds. The van der Waals surface area contributed by atoms with Gasteiger partial charge in [-0.1, -0.05) is 0 Å². The number of primary sulfonamides is 1. The Kier molecular flexibility index (Phi) is 4.49. The lowest BCUT2D eigenvalue weighted by Crippen LogP contribution is -2.19. The van der Waals surface area contributed by atoms with Crippen molar-refractivity contribution < 1.29 is 8.42 Å². The van der Waals surface area contributed by atoms with Gasteiger partial charge in [-0.25, -0.2) is 18.5 Å². The van der Waals surface area contributed by atoms with E-state index in [9.17, 15) is 8.42 Å². The molecule has 1 rings (SSSR count). The van der Waals surface area contributed by atoms with Crippen LogP contribution in [0.2, 0.25) is 5.28 Å². The van der Waals surface area contributed by atoms with Crippen LogP contribution in [-0.4, -0.2) is 30.7 Å². The highest BCUT2D eigenvalue weighted by Crippen LogP contribution is 2.20. The molecular weight excluding hydrogens is 266 g/mol. The topological polar surface area (TPSA) is 124 Å². The minimum Gasteiger partial charge on any atom is -0.394 e. The van der Waals surface area contributed by atoms with E-state index in [4.69, 9.17) is 22.5 Å². The Morgan fingerprint density at radius 2 is 2.06 bits per heavy atom. The first kappa shape index (κ1) is 13.9. The molecule has 0 atom stereocenters. The van der Waals surface area contributed by atoms with Gasteiger partial charge in [0, 0.05) is 6.54 Å². The molecule has 96 valence electrons. The van der Waals surface area contributed by atoms with Crippen molar-refractivity contribution in [3.63, 3.8) is 0 Å². The second kappa shape index (κ2) is 5.48. The second-order valence-corrected chi connectivity index (χ2v) is 5.56. The highest BCUT2D eigenvalue weighted by Gasteiger charge is 2.07. The van der Waals surface area contributed by atoms with E-state index in [1.807, 2.05) is 0 Å². The van der Waals surface area contributed by atoms with Gasteiger partial charge in [-0.15, -0.1) is 0 Å². The van der Waals surface area contributed by atoms with Gasteiger partial charge in [0.2, 0.25) is 15.3 Å². The van der Waals surface area contributed by atoms with E-state index in [2.05, 4.69) is 15.3 Å². The first-order chi connectivity index (χ1) is 7.79. The van der Waals surface area contributed by atoms with Crippen LogP contribution in [0.1, 0.15) is 12.1 Å². The molecule has 1 heterocycles. The maximum atomic E-state index is 10.7. The van der Waals surface area contributed by atoms with E-state index in [1.54, 1.807) is 6.92 Å². The first-order valence-corrected chi connectivity index (χ1v) is 6.93. The molecule has 5 N–H and O–H groups in total. The molecule has 1 aromatic heterocycles. The first-order valence-electron chi connectivity index (χ1n) is 4.83. The van der Waals surface area contributed by atoms with Crippen molar-refractivity contribution in [2.75, 3.05) is 23.3 Å². The van der Waals surface area contributed by atoms with Crippen molar-refractivity contribution in [2.24, 2.45) is 5.14 Å². The summed E-state index contributed by atoms with van der Waals surface area (Å²) in [5.74, 6) is 0.300. The molecule has 0 spiro atoms. The van der Waals surface area contributed by atoms with E-state index in [1.165, 1.54) is 0 Å². The molecule has 0 aliphatic carbocycles. The summed E-state index contributed by atoms with van der Waals surface area (Å²) in [6, 6.07) is 0. The third kappa shape index (κ3) is 4.72. The molecule has 0 aromatic carbocycles. The number of nitrogen functional groups attached to an aromatic ring is 1. The standard InChI is InChI=1S/C8H14ClN5O2S/c1-5-6(10)7(14-8(9)13-5)12-3-2-4-17(11,15)16/h2-4,10H2,1H3,(H2,11,15,16)(H,12,13,14). The largest absolute Gasteiger partial charge is 0.394 e. The Bertz CT molecular complexity index is 505. The van der Waals surface area contributed by atoms with Crippen LogP contribution in [0, 0.1) is 6.92 Å². The van der Waals surface area contributed by atoms with Crippen LogP contribution in [0.25, 0.3) is 0 Å². The zero-order chi connectivity index (χ0) is 13.1. The van der Waals surface area contributed by atoms with Crippen LogP contribution in [0.4, 0.5) is 11.5 Å². The lowest BCUT2D eigenvalue weighted by atomic mass is 10.3. The Balaban J connectivity index is 2.58. The smallest absolute Gasteiger partial charge is 0.224 e.